The first kappa shape index (κ1) is 14.8. The van der Waals surface area contributed by atoms with E-state index in [1.54, 1.807) is 6.92 Å². The largest absolute Gasteiger partial charge is 0.489 e. The number of hydrogen-bond acceptors (Lipinski definition) is 5. The third-order valence-corrected chi connectivity index (χ3v) is 2.03. The highest BCUT2D eigenvalue weighted by Gasteiger charge is 2.02. The summed E-state index contributed by atoms with van der Waals surface area (Å²) in [5, 5.41) is 0. The second-order valence-corrected chi connectivity index (χ2v) is 3.51. The lowest BCUT2D eigenvalue weighted by atomic mass is 10.2. The van der Waals surface area contributed by atoms with Crippen molar-refractivity contribution in [1.82, 2.24) is 0 Å². The van der Waals surface area contributed by atoms with Gasteiger partial charge in [0.25, 0.3) is 0 Å². The van der Waals surface area contributed by atoms with Gasteiger partial charge in [0.1, 0.15) is 6.61 Å². The van der Waals surface area contributed by atoms with Gasteiger partial charge in [0.2, 0.25) is 0 Å². The van der Waals surface area contributed by atoms with Gasteiger partial charge in [0.05, 0.1) is 18.9 Å². The number of rotatable bonds is 7. The summed E-state index contributed by atoms with van der Waals surface area (Å²) in [6.07, 6.45) is 2.22. The summed E-state index contributed by atoms with van der Waals surface area (Å²) in [6, 6.07) is 9.32. The highest BCUT2D eigenvalue weighted by molar-refractivity contribution is 5.81. The molecule has 1 aromatic rings. The molecule has 0 spiro atoms. The molecule has 0 heterocycles. The highest BCUT2D eigenvalue weighted by Crippen LogP contribution is 2.00. The molecule has 0 amide bonds. The van der Waals surface area contributed by atoms with E-state index in [0.717, 1.165) is 17.9 Å². The Balaban J connectivity index is 2.16. The SMILES string of the molecule is CCOC(=O)C=COCC(=O)OCc1ccccc1. The fourth-order valence-corrected chi connectivity index (χ4v) is 1.19. The second kappa shape index (κ2) is 8.74. The zero-order chi connectivity index (χ0) is 13.9. The van der Waals surface area contributed by atoms with Crippen LogP contribution in [0.2, 0.25) is 0 Å². The molecule has 0 atom stereocenters. The van der Waals surface area contributed by atoms with Crippen molar-refractivity contribution in [3.63, 3.8) is 0 Å². The Bertz CT molecular complexity index is 425. The van der Waals surface area contributed by atoms with Gasteiger partial charge in [-0.05, 0) is 12.5 Å². The Hall–Kier alpha value is -2.30. The zero-order valence-corrected chi connectivity index (χ0v) is 10.7. The monoisotopic (exact) mass is 264 g/mol. The van der Waals surface area contributed by atoms with Crippen LogP contribution in [0.25, 0.3) is 0 Å². The lowest BCUT2D eigenvalue weighted by Crippen LogP contribution is -2.10. The van der Waals surface area contributed by atoms with Crippen molar-refractivity contribution in [3.8, 4) is 0 Å². The molecule has 19 heavy (non-hydrogen) atoms. The Morgan fingerprint density at radius 2 is 1.89 bits per heavy atom. The molecule has 0 bridgehead atoms. The van der Waals surface area contributed by atoms with Crippen molar-refractivity contribution in [2.75, 3.05) is 13.2 Å². The molecule has 0 unspecified atom stereocenters. The number of carbonyl (C=O) groups is 2. The molecule has 0 N–H and O–H groups in total. The standard InChI is InChI=1S/C14H16O5/c1-2-18-13(15)8-9-17-11-14(16)19-10-12-6-4-3-5-7-12/h3-9H,2,10-11H2,1H3. The van der Waals surface area contributed by atoms with E-state index >= 15 is 0 Å². The Labute approximate surface area is 111 Å². The predicted molar refractivity (Wildman–Crippen MR) is 68.0 cm³/mol. The normalized spacial score (nSPS) is 10.2. The molecule has 5 heteroatoms. The van der Waals surface area contributed by atoms with E-state index in [-0.39, 0.29) is 13.2 Å². The van der Waals surface area contributed by atoms with Crippen LogP contribution in [0.15, 0.2) is 42.7 Å². The van der Waals surface area contributed by atoms with E-state index in [9.17, 15) is 9.59 Å². The minimum absolute atomic E-state index is 0.199. The van der Waals surface area contributed by atoms with Crippen LogP contribution in [0.1, 0.15) is 12.5 Å². The molecule has 0 fully saturated rings. The van der Waals surface area contributed by atoms with E-state index < -0.39 is 11.9 Å². The minimum Gasteiger partial charge on any atom is -0.489 e. The predicted octanol–water partition coefficient (Wildman–Crippen LogP) is 1.82. The van der Waals surface area contributed by atoms with Crippen LogP contribution in [0, 0.1) is 0 Å². The minimum atomic E-state index is -0.514. The van der Waals surface area contributed by atoms with Crippen LogP contribution in [0.4, 0.5) is 0 Å². The number of carbonyl (C=O) groups excluding carboxylic acids is 2. The van der Waals surface area contributed by atoms with Gasteiger partial charge in [-0.1, -0.05) is 30.3 Å². The summed E-state index contributed by atoms with van der Waals surface area (Å²) in [5.74, 6) is -1.02. The first-order valence-electron chi connectivity index (χ1n) is 5.87. The maximum atomic E-state index is 11.3. The fraction of sp³-hybridized carbons (Fsp3) is 0.286. The van der Waals surface area contributed by atoms with Crippen molar-refractivity contribution in [2.24, 2.45) is 0 Å². The van der Waals surface area contributed by atoms with Gasteiger partial charge in [-0.2, -0.15) is 0 Å². The summed E-state index contributed by atoms with van der Waals surface area (Å²) < 4.78 is 14.4. The molecular weight excluding hydrogens is 248 g/mol. The van der Waals surface area contributed by atoms with Crippen molar-refractivity contribution in [3.05, 3.63) is 48.2 Å². The number of benzene rings is 1. The summed E-state index contributed by atoms with van der Waals surface area (Å²) >= 11 is 0. The molecule has 1 aromatic carbocycles. The quantitative estimate of drug-likeness (QED) is 0.427. The van der Waals surface area contributed by atoms with Gasteiger partial charge in [0, 0.05) is 0 Å². The fourth-order valence-electron chi connectivity index (χ4n) is 1.19. The molecule has 0 aliphatic heterocycles. The van der Waals surface area contributed by atoms with Crippen LogP contribution >= 0.6 is 0 Å². The van der Waals surface area contributed by atoms with Crippen molar-refractivity contribution >= 4 is 11.9 Å². The Morgan fingerprint density at radius 3 is 2.58 bits per heavy atom. The Morgan fingerprint density at radius 1 is 1.16 bits per heavy atom. The smallest absolute Gasteiger partial charge is 0.344 e. The van der Waals surface area contributed by atoms with E-state index in [2.05, 4.69) is 4.74 Å². The zero-order valence-electron chi connectivity index (χ0n) is 10.7. The average molecular weight is 264 g/mol. The van der Waals surface area contributed by atoms with E-state index in [1.165, 1.54) is 0 Å². The first-order chi connectivity index (χ1) is 9.22. The van der Waals surface area contributed by atoms with Gasteiger partial charge in [-0.25, -0.2) is 9.59 Å². The van der Waals surface area contributed by atoms with Crippen molar-refractivity contribution in [2.45, 2.75) is 13.5 Å². The highest BCUT2D eigenvalue weighted by atomic mass is 16.6. The van der Waals surface area contributed by atoms with Gasteiger partial charge in [-0.15, -0.1) is 0 Å². The van der Waals surface area contributed by atoms with E-state index in [1.807, 2.05) is 30.3 Å². The molecule has 102 valence electrons. The van der Waals surface area contributed by atoms with Crippen LogP contribution in [-0.4, -0.2) is 25.2 Å². The molecule has 0 saturated heterocycles. The Kier molecular flexibility index (Phi) is 6.79. The number of hydrogen-bond donors (Lipinski definition) is 0. The summed E-state index contributed by atoms with van der Waals surface area (Å²) in [7, 11) is 0. The summed E-state index contributed by atoms with van der Waals surface area (Å²) in [4.78, 5) is 22.2. The third-order valence-electron chi connectivity index (χ3n) is 2.03. The van der Waals surface area contributed by atoms with Crippen molar-refractivity contribution < 1.29 is 23.8 Å². The molecule has 0 saturated carbocycles. The number of esters is 2. The van der Waals surface area contributed by atoms with Crippen LogP contribution < -0.4 is 0 Å². The number of ether oxygens (including phenoxy) is 3. The molecule has 5 nitrogen and oxygen atoms in total. The molecule has 1 rings (SSSR count). The van der Waals surface area contributed by atoms with Crippen LogP contribution in [-0.2, 0) is 30.4 Å². The van der Waals surface area contributed by atoms with Gasteiger partial charge in [0.15, 0.2) is 6.61 Å². The maximum absolute atomic E-state index is 11.3. The molecule has 0 aliphatic rings. The van der Waals surface area contributed by atoms with Crippen LogP contribution in [0.3, 0.4) is 0 Å². The molecular formula is C14H16O5. The molecule has 0 aromatic heterocycles. The van der Waals surface area contributed by atoms with Gasteiger partial charge in [-0.3, -0.25) is 0 Å². The van der Waals surface area contributed by atoms with Crippen molar-refractivity contribution in [1.29, 1.82) is 0 Å². The molecule has 0 aliphatic carbocycles. The topological polar surface area (TPSA) is 61.8 Å². The van der Waals surface area contributed by atoms with Gasteiger partial charge >= 0.3 is 11.9 Å². The average Bonchev–Trinajstić information content (AvgIpc) is 2.43. The third kappa shape index (κ3) is 6.88. The summed E-state index contributed by atoms with van der Waals surface area (Å²) in [6.45, 7) is 1.95. The van der Waals surface area contributed by atoms with Gasteiger partial charge < -0.3 is 14.2 Å². The maximum Gasteiger partial charge on any atom is 0.344 e. The second-order valence-electron chi connectivity index (χ2n) is 3.51. The first-order valence-corrected chi connectivity index (χ1v) is 5.87. The summed E-state index contributed by atoms with van der Waals surface area (Å²) in [5.41, 5.74) is 0.901. The molecule has 0 radical (unpaired) electrons. The van der Waals surface area contributed by atoms with E-state index in [0.29, 0.717) is 6.61 Å². The lowest BCUT2D eigenvalue weighted by molar-refractivity contribution is -0.148. The van der Waals surface area contributed by atoms with E-state index in [4.69, 9.17) is 9.47 Å². The van der Waals surface area contributed by atoms with Crippen LogP contribution in [0.5, 0.6) is 0 Å². The lowest BCUT2D eigenvalue weighted by Gasteiger charge is -2.04.